The van der Waals surface area contributed by atoms with Crippen molar-refractivity contribution in [3.05, 3.63) is 102 Å². The number of amides is 2. The van der Waals surface area contributed by atoms with Gasteiger partial charge in [-0.15, -0.1) is 0 Å². The lowest BCUT2D eigenvalue weighted by atomic mass is 9.69. The number of fused-ring (bicyclic) bond motifs is 2. The van der Waals surface area contributed by atoms with Crippen molar-refractivity contribution in [3.8, 4) is 0 Å². The average molecular weight is 537 g/mol. The maximum Gasteiger partial charge on any atom is 0.255 e. The van der Waals surface area contributed by atoms with Gasteiger partial charge in [0.05, 0.1) is 5.92 Å². The minimum Gasteiger partial charge on any atom is -0.323 e. The van der Waals surface area contributed by atoms with E-state index in [-0.39, 0.29) is 29.6 Å². The van der Waals surface area contributed by atoms with Gasteiger partial charge in [0.25, 0.3) is 5.91 Å². The number of unbranched alkanes of at least 4 members (excludes halogenated alkanes) is 4. The van der Waals surface area contributed by atoms with Crippen LogP contribution >= 0.6 is 0 Å². The number of ketones is 1. The number of nitrogens with zero attached hydrogens (tertiary/aromatic N) is 1. The molecule has 1 N–H and O–H groups in total. The first-order chi connectivity index (χ1) is 19.6. The molecule has 40 heavy (non-hydrogen) atoms. The Morgan fingerprint density at radius 2 is 1.45 bits per heavy atom. The fraction of sp³-hybridized carbons (Fsp3) is 0.400. The Morgan fingerprint density at radius 3 is 2.15 bits per heavy atom. The van der Waals surface area contributed by atoms with Crippen molar-refractivity contribution in [2.45, 2.75) is 82.7 Å². The van der Waals surface area contributed by atoms with Crippen molar-refractivity contribution in [2.24, 2.45) is 5.92 Å². The number of hydrogen-bond donors (Lipinski definition) is 1. The summed E-state index contributed by atoms with van der Waals surface area (Å²) in [6.07, 6.45) is 7.06. The van der Waals surface area contributed by atoms with Crippen LogP contribution in [0.4, 0.5) is 5.69 Å². The molecule has 208 valence electrons. The molecule has 5 heteroatoms. The number of rotatable bonds is 11. The second-order valence-corrected chi connectivity index (χ2v) is 11.2. The summed E-state index contributed by atoms with van der Waals surface area (Å²) in [5.41, 5.74) is 1.56. The Hall–Kier alpha value is -3.73. The third-order valence-electron chi connectivity index (χ3n) is 8.74. The van der Waals surface area contributed by atoms with Gasteiger partial charge in [0.1, 0.15) is 0 Å². The monoisotopic (exact) mass is 536 g/mol. The molecule has 5 nitrogen and oxygen atoms in total. The Bertz CT molecular complexity index is 1340. The Morgan fingerprint density at radius 1 is 0.800 bits per heavy atom. The normalized spacial score (nSPS) is 23.3. The molecule has 0 radical (unpaired) electrons. The molecule has 0 saturated carbocycles. The number of likely N-dealkylation sites (tertiary alicyclic amines) is 1. The number of para-hydroxylation sites is 1. The van der Waals surface area contributed by atoms with Gasteiger partial charge >= 0.3 is 0 Å². The zero-order valence-electron chi connectivity index (χ0n) is 23.6. The highest BCUT2D eigenvalue weighted by atomic mass is 16.2. The van der Waals surface area contributed by atoms with Crippen molar-refractivity contribution in [2.75, 3.05) is 5.32 Å². The highest BCUT2D eigenvalue weighted by Gasteiger charge is 2.69. The van der Waals surface area contributed by atoms with Crippen molar-refractivity contribution in [1.29, 1.82) is 0 Å². The summed E-state index contributed by atoms with van der Waals surface area (Å²) in [6, 6.07) is 26.6. The molecule has 3 aromatic carbocycles. The number of nitrogens with one attached hydrogen (secondary N) is 1. The summed E-state index contributed by atoms with van der Waals surface area (Å²) < 4.78 is 0. The van der Waals surface area contributed by atoms with E-state index in [1.54, 1.807) is 0 Å². The molecule has 2 heterocycles. The lowest BCUT2D eigenvalue weighted by Gasteiger charge is -2.39. The van der Waals surface area contributed by atoms with Gasteiger partial charge in [-0.25, -0.2) is 0 Å². The largest absolute Gasteiger partial charge is 0.323 e. The Labute approximate surface area is 238 Å². The number of anilines is 1. The van der Waals surface area contributed by atoms with E-state index in [9.17, 15) is 14.4 Å². The second-order valence-electron chi connectivity index (χ2n) is 11.2. The van der Waals surface area contributed by atoms with Gasteiger partial charge in [0, 0.05) is 35.2 Å². The quantitative estimate of drug-likeness (QED) is 0.204. The summed E-state index contributed by atoms with van der Waals surface area (Å²) >= 11 is 0. The van der Waals surface area contributed by atoms with Crippen molar-refractivity contribution < 1.29 is 14.4 Å². The van der Waals surface area contributed by atoms with Crippen molar-refractivity contribution in [3.63, 3.8) is 0 Å². The third-order valence-corrected chi connectivity index (χ3v) is 8.74. The number of benzene rings is 3. The molecule has 1 spiro atoms. The lowest BCUT2D eigenvalue weighted by Crippen LogP contribution is -2.56. The number of carbonyl (C=O) groups excluding carboxylic acids is 3. The minimum absolute atomic E-state index is 0.0360. The van der Waals surface area contributed by atoms with Crippen LogP contribution < -0.4 is 5.32 Å². The molecule has 4 atom stereocenters. The molecule has 1 fully saturated rings. The SMILES string of the molecule is CCCCCCCC(=O)N1C(CCC)C(c2ccccc2)C(C(=O)c2ccccc2)C12C(=O)Nc1ccccc12. The molecule has 0 bridgehead atoms. The minimum atomic E-state index is -1.41. The van der Waals surface area contributed by atoms with E-state index in [1.807, 2.05) is 89.8 Å². The van der Waals surface area contributed by atoms with Gasteiger partial charge in [0.2, 0.25) is 5.91 Å². The molecular weight excluding hydrogens is 496 g/mol. The second kappa shape index (κ2) is 12.2. The summed E-state index contributed by atoms with van der Waals surface area (Å²) in [5.74, 6) is -1.50. The first-order valence-electron chi connectivity index (χ1n) is 14.9. The van der Waals surface area contributed by atoms with Crippen LogP contribution in [-0.4, -0.2) is 28.5 Å². The molecule has 4 unspecified atom stereocenters. The lowest BCUT2D eigenvalue weighted by molar-refractivity contribution is -0.146. The summed E-state index contributed by atoms with van der Waals surface area (Å²) in [7, 11) is 0. The molecule has 0 aromatic heterocycles. The van der Waals surface area contributed by atoms with E-state index in [1.165, 1.54) is 0 Å². The number of carbonyl (C=O) groups is 3. The standard InChI is InChI=1S/C35H40N2O3/c1-3-5-6-7-14-24-30(38)37-29(17-4-2)31(25-18-10-8-11-19-25)32(33(39)26-20-12-9-13-21-26)35(37)27-22-15-16-23-28(27)36-34(35)40/h8-13,15-16,18-23,29,31-32H,3-7,14,17,24H2,1-2H3,(H,36,40). The number of hydrogen-bond acceptors (Lipinski definition) is 3. The molecule has 2 aliphatic heterocycles. The van der Waals surface area contributed by atoms with Gasteiger partial charge in [0.15, 0.2) is 11.3 Å². The average Bonchev–Trinajstić information content (AvgIpc) is 3.45. The van der Waals surface area contributed by atoms with Gasteiger partial charge in [-0.2, -0.15) is 0 Å². The van der Waals surface area contributed by atoms with Gasteiger partial charge in [-0.05, 0) is 24.5 Å². The molecule has 2 amide bonds. The highest BCUT2D eigenvalue weighted by Crippen LogP contribution is 2.59. The van der Waals surface area contributed by atoms with E-state index in [0.717, 1.165) is 49.7 Å². The van der Waals surface area contributed by atoms with Gasteiger partial charge in [-0.1, -0.05) is 125 Å². The Kier molecular flexibility index (Phi) is 8.49. The topological polar surface area (TPSA) is 66.5 Å². The zero-order valence-corrected chi connectivity index (χ0v) is 23.6. The maximum atomic E-state index is 14.7. The van der Waals surface area contributed by atoms with E-state index in [4.69, 9.17) is 0 Å². The fourth-order valence-electron chi connectivity index (χ4n) is 7.08. The van der Waals surface area contributed by atoms with E-state index >= 15 is 0 Å². The summed E-state index contributed by atoms with van der Waals surface area (Å²) in [4.78, 5) is 45.3. The molecular formula is C35H40N2O3. The molecule has 5 rings (SSSR count). The zero-order chi connectivity index (χ0) is 28.1. The smallest absolute Gasteiger partial charge is 0.255 e. The van der Waals surface area contributed by atoms with Crippen LogP contribution in [-0.2, 0) is 15.1 Å². The molecule has 3 aromatic rings. The predicted octanol–water partition coefficient (Wildman–Crippen LogP) is 7.49. The molecule has 1 saturated heterocycles. The number of Topliss-reactive ketones (excluding diaryl/α,β-unsaturated/α-hetero) is 1. The van der Waals surface area contributed by atoms with E-state index in [0.29, 0.717) is 24.1 Å². The van der Waals surface area contributed by atoms with Crippen LogP contribution in [0.5, 0.6) is 0 Å². The van der Waals surface area contributed by atoms with Crippen molar-refractivity contribution in [1.82, 2.24) is 4.90 Å². The van der Waals surface area contributed by atoms with Crippen LogP contribution in [0.3, 0.4) is 0 Å². The van der Waals surface area contributed by atoms with E-state index < -0.39 is 11.5 Å². The maximum absolute atomic E-state index is 14.7. The predicted molar refractivity (Wildman–Crippen MR) is 159 cm³/mol. The summed E-state index contributed by atoms with van der Waals surface area (Å²) in [5, 5.41) is 3.08. The highest BCUT2D eigenvalue weighted by molar-refractivity contribution is 6.14. The van der Waals surface area contributed by atoms with Gasteiger partial charge in [-0.3, -0.25) is 14.4 Å². The van der Waals surface area contributed by atoms with Gasteiger partial charge < -0.3 is 10.2 Å². The molecule has 0 aliphatic carbocycles. The van der Waals surface area contributed by atoms with Crippen LogP contribution in [0, 0.1) is 5.92 Å². The van der Waals surface area contributed by atoms with Crippen LogP contribution in [0.15, 0.2) is 84.9 Å². The summed E-state index contributed by atoms with van der Waals surface area (Å²) in [6.45, 7) is 4.29. The van der Waals surface area contributed by atoms with Crippen LogP contribution in [0.2, 0.25) is 0 Å². The van der Waals surface area contributed by atoms with E-state index in [2.05, 4.69) is 19.2 Å². The first kappa shape index (κ1) is 27.8. The fourth-order valence-corrected chi connectivity index (χ4v) is 7.08. The first-order valence-corrected chi connectivity index (χ1v) is 14.9. The van der Waals surface area contributed by atoms with Crippen LogP contribution in [0.25, 0.3) is 0 Å². The van der Waals surface area contributed by atoms with Crippen molar-refractivity contribution >= 4 is 23.3 Å². The third kappa shape index (κ3) is 4.76. The molecule has 2 aliphatic rings. The Balaban J connectivity index is 1.72. The van der Waals surface area contributed by atoms with Crippen LogP contribution in [0.1, 0.15) is 92.6 Å².